The van der Waals surface area contributed by atoms with E-state index < -0.39 is 10.7 Å². The number of hydrogen-bond acceptors (Lipinski definition) is 4. The molecule has 104 valence electrons. The van der Waals surface area contributed by atoms with E-state index >= 15 is 0 Å². The first-order valence-electron chi connectivity index (χ1n) is 6.08. The second-order valence-corrected chi connectivity index (χ2v) is 5.44. The van der Waals surface area contributed by atoms with Gasteiger partial charge in [-0.1, -0.05) is 0 Å². The van der Waals surface area contributed by atoms with Gasteiger partial charge in [0.25, 0.3) is 5.69 Å². The highest BCUT2D eigenvalue weighted by Crippen LogP contribution is 2.34. The molecule has 0 radical (unpaired) electrons. The number of hydrogen-bond donors (Lipinski definition) is 1. The first kappa shape index (κ1) is 14.2. The minimum atomic E-state index is -0.613. The Morgan fingerprint density at radius 3 is 2.95 bits per heavy atom. The maximum Gasteiger partial charge on any atom is 0.295 e. The molecule has 1 saturated heterocycles. The van der Waals surface area contributed by atoms with Crippen LogP contribution in [-0.2, 0) is 0 Å². The molecule has 0 amide bonds. The van der Waals surface area contributed by atoms with Crippen LogP contribution in [0.4, 0.5) is 15.8 Å². The van der Waals surface area contributed by atoms with Gasteiger partial charge < -0.3 is 10.2 Å². The fourth-order valence-corrected chi connectivity index (χ4v) is 2.69. The molecule has 1 aromatic rings. The number of rotatable bonds is 3. The Morgan fingerprint density at radius 1 is 1.58 bits per heavy atom. The van der Waals surface area contributed by atoms with Gasteiger partial charge >= 0.3 is 0 Å². The van der Waals surface area contributed by atoms with Gasteiger partial charge in [0.2, 0.25) is 0 Å². The molecule has 0 aromatic heterocycles. The quantitative estimate of drug-likeness (QED) is 0.683. The molecule has 1 fully saturated rings. The average Bonchev–Trinajstić information content (AvgIpc) is 2.41. The number of halogens is 2. The van der Waals surface area contributed by atoms with Gasteiger partial charge in [-0.3, -0.25) is 10.1 Å². The normalized spacial score (nSPS) is 19.5. The van der Waals surface area contributed by atoms with Crippen molar-refractivity contribution in [1.82, 2.24) is 5.32 Å². The van der Waals surface area contributed by atoms with E-state index in [1.54, 1.807) is 0 Å². The van der Waals surface area contributed by atoms with Crippen molar-refractivity contribution >= 4 is 27.3 Å². The second-order valence-electron chi connectivity index (χ2n) is 4.59. The van der Waals surface area contributed by atoms with Crippen molar-refractivity contribution in [3.05, 3.63) is 32.5 Å². The Bertz CT molecular complexity index is 498. The lowest BCUT2D eigenvalue weighted by atomic mass is 10.0. The smallest absolute Gasteiger partial charge is 0.295 e. The predicted molar refractivity (Wildman–Crippen MR) is 75.0 cm³/mol. The molecule has 1 atom stereocenters. The number of nitro groups is 1. The van der Waals surface area contributed by atoms with E-state index in [0.29, 0.717) is 18.3 Å². The van der Waals surface area contributed by atoms with Gasteiger partial charge in [-0.15, -0.1) is 0 Å². The third kappa shape index (κ3) is 3.03. The number of nitrogens with zero attached hydrogens (tertiary/aromatic N) is 2. The summed E-state index contributed by atoms with van der Waals surface area (Å²) in [5.74, 6) is -0.613. The molecule has 0 saturated carbocycles. The third-order valence-corrected chi connectivity index (χ3v) is 3.99. The SMILES string of the molecule is CNC1CCCN(c2cc(Br)c(F)cc2[N+](=O)[O-])C1. The second kappa shape index (κ2) is 5.83. The minimum absolute atomic E-state index is 0.183. The zero-order valence-corrected chi connectivity index (χ0v) is 12.1. The molecule has 0 bridgehead atoms. The van der Waals surface area contributed by atoms with Crippen LogP contribution < -0.4 is 10.2 Å². The van der Waals surface area contributed by atoms with Crippen LogP contribution in [0.25, 0.3) is 0 Å². The summed E-state index contributed by atoms with van der Waals surface area (Å²) < 4.78 is 13.7. The van der Waals surface area contributed by atoms with E-state index in [4.69, 9.17) is 0 Å². The van der Waals surface area contributed by atoms with Crippen LogP contribution in [0.1, 0.15) is 12.8 Å². The van der Waals surface area contributed by atoms with Gasteiger partial charge in [0.15, 0.2) is 0 Å². The van der Waals surface area contributed by atoms with E-state index in [1.807, 2.05) is 11.9 Å². The maximum absolute atomic E-state index is 13.4. The molecular weight excluding hydrogens is 317 g/mol. The molecular formula is C12H15BrFN3O2. The van der Waals surface area contributed by atoms with Crippen LogP contribution in [0.15, 0.2) is 16.6 Å². The van der Waals surface area contributed by atoms with E-state index in [-0.39, 0.29) is 10.2 Å². The Kier molecular flexibility index (Phi) is 4.36. The van der Waals surface area contributed by atoms with Crippen molar-refractivity contribution in [2.24, 2.45) is 0 Å². The van der Waals surface area contributed by atoms with Crippen molar-refractivity contribution in [1.29, 1.82) is 0 Å². The first-order valence-corrected chi connectivity index (χ1v) is 6.88. The number of benzene rings is 1. The van der Waals surface area contributed by atoms with Crippen molar-refractivity contribution in [3.63, 3.8) is 0 Å². The van der Waals surface area contributed by atoms with Crippen molar-refractivity contribution < 1.29 is 9.31 Å². The third-order valence-electron chi connectivity index (χ3n) is 3.38. The zero-order chi connectivity index (χ0) is 14.0. The van der Waals surface area contributed by atoms with Gasteiger partial charge in [0.1, 0.15) is 11.5 Å². The van der Waals surface area contributed by atoms with E-state index in [9.17, 15) is 14.5 Å². The summed E-state index contributed by atoms with van der Waals surface area (Å²) in [5, 5.41) is 14.2. The molecule has 1 aliphatic heterocycles. The summed E-state index contributed by atoms with van der Waals surface area (Å²) in [4.78, 5) is 12.5. The summed E-state index contributed by atoms with van der Waals surface area (Å²) >= 11 is 3.09. The fourth-order valence-electron chi connectivity index (χ4n) is 2.36. The lowest BCUT2D eigenvalue weighted by Gasteiger charge is -2.34. The van der Waals surface area contributed by atoms with Gasteiger partial charge in [0.05, 0.1) is 15.5 Å². The highest BCUT2D eigenvalue weighted by atomic mass is 79.9. The van der Waals surface area contributed by atoms with Crippen LogP contribution in [0.3, 0.4) is 0 Å². The average molecular weight is 332 g/mol. The van der Waals surface area contributed by atoms with Crippen LogP contribution in [0.2, 0.25) is 0 Å². The lowest BCUT2D eigenvalue weighted by Crippen LogP contribution is -2.44. The number of anilines is 1. The van der Waals surface area contributed by atoms with E-state index in [1.165, 1.54) is 6.07 Å². The molecule has 1 heterocycles. The molecule has 7 heteroatoms. The highest BCUT2D eigenvalue weighted by Gasteiger charge is 2.26. The number of likely N-dealkylation sites (N-methyl/N-ethyl adjacent to an activating group) is 1. The van der Waals surface area contributed by atoms with Crippen LogP contribution in [0.5, 0.6) is 0 Å². The molecule has 5 nitrogen and oxygen atoms in total. The molecule has 0 aliphatic carbocycles. The first-order chi connectivity index (χ1) is 9.02. The molecule has 1 aliphatic rings. The maximum atomic E-state index is 13.4. The minimum Gasteiger partial charge on any atom is -0.364 e. The highest BCUT2D eigenvalue weighted by molar-refractivity contribution is 9.10. The fraction of sp³-hybridized carbons (Fsp3) is 0.500. The van der Waals surface area contributed by atoms with Crippen LogP contribution in [0, 0.1) is 15.9 Å². The van der Waals surface area contributed by atoms with Gasteiger partial charge in [0, 0.05) is 19.1 Å². The van der Waals surface area contributed by atoms with E-state index in [2.05, 4.69) is 21.2 Å². The molecule has 1 unspecified atom stereocenters. The molecule has 2 rings (SSSR count). The number of nitro benzene ring substituents is 1. The molecule has 19 heavy (non-hydrogen) atoms. The van der Waals surface area contributed by atoms with Crippen LogP contribution >= 0.6 is 15.9 Å². The van der Waals surface area contributed by atoms with Gasteiger partial charge in [-0.2, -0.15) is 0 Å². The topological polar surface area (TPSA) is 58.4 Å². The zero-order valence-electron chi connectivity index (χ0n) is 10.5. The largest absolute Gasteiger partial charge is 0.364 e. The number of piperidine rings is 1. The summed E-state index contributed by atoms with van der Waals surface area (Å²) in [7, 11) is 1.88. The predicted octanol–water partition coefficient (Wildman–Crippen LogP) is 2.68. The van der Waals surface area contributed by atoms with Crippen molar-refractivity contribution in [2.45, 2.75) is 18.9 Å². The van der Waals surface area contributed by atoms with Gasteiger partial charge in [-0.25, -0.2) is 4.39 Å². The number of nitrogens with one attached hydrogen (secondary N) is 1. The Balaban J connectivity index is 2.37. The molecule has 0 spiro atoms. The van der Waals surface area contributed by atoms with E-state index in [0.717, 1.165) is 25.5 Å². The Hall–Kier alpha value is -1.21. The summed E-state index contributed by atoms with van der Waals surface area (Å²) in [6, 6.07) is 2.77. The Labute approximate surface area is 119 Å². The summed E-state index contributed by atoms with van der Waals surface area (Å²) in [6.07, 6.45) is 2.00. The standard InChI is InChI=1S/C12H15BrFN3O2/c1-15-8-3-2-4-16(7-8)11-5-9(13)10(14)6-12(11)17(18)19/h5-6,8,15H,2-4,7H2,1H3. The molecule has 1 N–H and O–H groups in total. The lowest BCUT2D eigenvalue weighted by molar-refractivity contribution is -0.384. The summed E-state index contributed by atoms with van der Waals surface area (Å²) in [5.41, 5.74) is 0.288. The van der Waals surface area contributed by atoms with Crippen LogP contribution in [-0.4, -0.2) is 31.1 Å². The molecule has 1 aromatic carbocycles. The van der Waals surface area contributed by atoms with Gasteiger partial charge in [-0.05, 0) is 41.9 Å². The van der Waals surface area contributed by atoms with Crippen molar-refractivity contribution in [3.8, 4) is 0 Å². The monoisotopic (exact) mass is 331 g/mol. The summed E-state index contributed by atoms with van der Waals surface area (Å²) in [6.45, 7) is 1.44. The Morgan fingerprint density at radius 2 is 2.32 bits per heavy atom. The van der Waals surface area contributed by atoms with Crippen molar-refractivity contribution in [2.75, 3.05) is 25.0 Å².